The molecule has 0 radical (unpaired) electrons. The van der Waals surface area contributed by atoms with Crippen LogP contribution in [0, 0.1) is 0 Å². The third-order valence-electron chi connectivity index (χ3n) is 2.96. The minimum absolute atomic E-state index is 0.121. The van der Waals surface area contributed by atoms with Crippen molar-refractivity contribution in [2.75, 3.05) is 0 Å². The van der Waals surface area contributed by atoms with Crippen molar-refractivity contribution in [2.24, 2.45) is 0 Å². The number of hydrogen-bond acceptors (Lipinski definition) is 1. The maximum absolute atomic E-state index is 12.1. The standard InChI is InChI=1S/C10H12BF3N/c1-10(4-5-10)8-2-3-9(15-7-8)6-11(12,13)14/h2-3,7H,4-6H2,1H3/q-1. The van der Waals surface area contributed by atoms with Gasteiger partial charge in [0.25, 0.3) is 0 Å². The predicted octanol–water partition coefficient (Wildman–Crippen LogP) is 3.06. The first kappa shape index (κ1) is 10.5. The minimum atomic E-state index is -4.77. The lowest BCUT2D eigenvalue weighted by Crippen LogP contribution is -2.20. The van der Waals surface area contributed by atoms with Crippen LogP contribution in [0.25, 0.3) is 0 Å². The van der Waals surface area contributed by atoms with Crippen molar-refractivity contribution >= 4 is 6.98 Å². The van der Waals surface area contributed by atoms with Gasteiger partial charge in [-0.15, -0.1) is 0 Å². The van der Waals surface area contributed by atoms with E-state index in [0.717, 1.165) is 18.4 Å². The van der Waals surface area contributed by atoms with Crippen LogP contribution in [-0.4, -0.2) is 12.0 Å². The molecule has 1 aromatic rings. The van der Waals surface area contributed by atoms with Crippen LogP contribution in [0.5, 0.6) is 0 Å². The van der Waals surface area contributed by atoms with Gasteiger partial charge < -0.3 is 12.9 Å². The molecule has 1 aromatic heterocycles. The molecule has 0 aliphatic heterocycles. The molecule has 2 rings (SSSR count). The van der Waals surface area contributed by atoms with Gasteiger partial charge in [0.15, 0.2) is 0 Å². The Morgan fingerprint density at radius 2 is 2.00 bits per heavy atom. The van der Waals surface area contributed by atoms with E-state index in [0.29, 0.717) is 0 Å². The zero-order chi connectivity index (χ0) is 11.1. The Morgan fingerprint density at radius 3 is 2.40 bits per heavy atom. The molecule has 1 fully saturated rings. The van der Waals surface area contributed by atoms with E-state index in [1.54, 1.807) is 12.3 Å². The first-order valence-electron chi connectivity index (χ1n) is 5.05. The number of nitrogens with zero attached hydrogens (tertiary/aromatic N) is 1. The van der Waals surface area contributed by atoms with Gasteiger partial charge >= 0.3 is 6.98 Å². The molecular formula is C10H12BF3N-. The Bertz CT molecular complexity index is 354. The summed E-state index contributed by atoms with van der Waals surface area (Å²) in [5.74, 6) is 0. The Morgan fingerprint density at radius 1 is 1.33 bits per heavy atom. The van der Waals surface area contributed by atoms with E-state index in [9.17, 15) is 12.9 Å². The SMILES string of the molecule is CC1(c2ccc(C[B-](F)(F)F)nc2)CC1. The molecule has 1 aliphatic rings. The number of halogens is 3. The summed E-state index contributed by atoms with van der Waals surface area (Å²) in [6.45, 7) is -2.66. The van der Waals surface area contributed by atoms with Crippen LogP contribution in [0.3, 0.4) is 0 Å². The van der Waals surface area contributed by atoms with Crippen LogP contribution in [0.4, 0.5) is 12.9 Å². The zero-order valence-corrected chi connectivity index (χ0v) is 8.51. The molecule has 0 saturated heterocycles. The average molecular weight is 214 g/mol. The van der Waals surface area contributed by atoms with Gasteiger partial charge in [0.2, 0.25) is 0 Å². The molecular weight excluding hydrogens is 202 g/mol. The summed E-state index contributed by atoms with van der Waals surface area (Å²) in [5, 5.41) is 0. The highest BCUT2D eigenvalue weighted by Gasteiger charge is 2.39. The number of pyridine rings is 1. The minimum Gasteiger partial charge on any atom is -0.449 e. The molecule has 0 unspecified atom stereocenters. The van der Waals surface area contributed by atoms with Crippen molar-refractivity contribution in [2.45, 2.75) is 31.5 Å². The van der Waals surface area contributed by atoms with Crippen LogP contribution in [0.15, 0.2) is 18.3 Å². The topological polar surface area (TPSA) is 12.9 Å². The van der Waals surface area contributed by atoms with Crippen molar-refractivity contribution in [1.82, 2.24) is 4.98 Å². The summed E-state index contributed by atoms with van der Waals surface area (Å²) >= 11 is 0. The molecule has 82 valence electrons. The third kappa shape index (κ3) is 2.52. The van der Waals surface area contributed by atoms with Gasteiger partial charge in [-0.1, -0.05) is 13.0 Å². The molecule has 0 aromatic carbocycles. The zero-order valence-electron chi connectivity index (χ0n) is 8.51. The maximum Gasteiger partial charge on any atom is 0.484 e. The second-order valence-corrected chi connectivity index (χ2v) is 4.51. The Hall–Kier alpha value is -0.995. The molecule has 5 heteroatoms. The fourth-order valence-corrected chi connectivity index (χ4v) is 1.62. The first-order chi connectivity index (χ1) is 6.89. The highest BCUT2D eigenvalue weighted by atomic mass is 19.4. The van der Waals surface area contributed by atoms with Crippen molar-refractivity contribution in [3.8, 4) is 0 Å². The lowest BCUT2D eigenvalue weighted by atomic mass is 9.84. The van der Waals surface area contributed by atoms with E-state index >= 15 is 0 Å². The van der Waals surface area contributed by atoms with E-state index in [1.807, 2.05) is 0 Å². The summed E-state index contributed by atoms with van der Waals surface area (Å²) < 4.78 is 36.3. The Labute approximate surface area is 86.8 Å². The third-order valence-corrected chi connectivity index (χ3v) is 2.96. The van der Waals surface area contributed by atoms with Gasteiger partial charge in [-0.25, -0.2) is 0 Å². The largest absolute Gasteiger partial charge is 0.484 e. The highest BCUT2D eigenvalue weighted by Crippen LogP contribution is 2.47. The quantitative estimate of drug-likeness (QED) is 0.704. The molecule has 1 nitrogen and oxygen atoms in total. The average Bonchev–Trinajstić information content (AvgIpc) is 2.83. The fourth-order valence-electron chi connectivity index (χ4n) is 1.62. The Balaban J connectivity index is 2.11. The predicted molar refractivity (Wildman–Crippen MR) is 53.6 cm³/mol. The second-order valence-electron chi connectivity index (χ2n) is 4.51. The van der Waals surface area contributed by atoms with Crippen LogP contribution in [0.1, 0.15) is 31.0 Å². The monoisotopic (exact) mass is 214 g/mol. The second kappa shape index (κ2) is 3.25. The van der Waals surface area contributed by atoms with Crippen molar-refractivity contribution in [3.05, 3.63) is 29.6 Å². The summed E-state index contributed by atoms with van der Waals surface area (Å²) in [7, 11) is 0. The van der Waals surface area contributed by atoms with Crippen LogP contribution < -0.4 is 0 Å². The number of rotatable bonds is 3. The first-order valence-corrected chi connectivity index (χ1v) is 5.05. The van der Waals surface area contributed by atoms with E-state index in [-0.39, 0.29) is 11.1 Å². The van der Waals surface area contributed by atoms with Crippen molar-refractivity contribution < 1.29 is 12.9 Å². The number of hydrogen-bond donors (Lipinski definition) is 0. The van der Waals surface area contributed by atoms with E-state index in [1.165, 1.54) is 6.07 Å². The van der Waals surface area contributed by atoms with Crippen molar-refractivity contribution in [3.63, 3.8) is 0 Å². The molecule has 15 heavy (non-hydrogen) atoms. The van der Waals surface area contributed by atoms with Crippen LogP contribution in [0.2, 0.25) is 0 Å². The van der Waals surface area contributed by atoms with E-state index in [4.69, 9.17) is 0 Å². The van der Waals surface area contributed by atoms with Gasteiger partial charge in [0.05, 0.1) is 0 Å². The molecule has 0 spiro atoms. The van der Waals surface area contributed by atoms with Gasteiger partial charge in [-0.2, -0.15) is 0 Å². The maximum atomic E-state index is 12.1. The molecule has 1 saturated carbocycles. The summed E-state index contributed by atoms with van der Waals surface area (Å²) in [6.07, 6.45) is 2.93. The highest BCUT2D eigenvalue weighted by molar-refractivity contribution is 6.57. The Kier molecular flexibility index (Phi) is 2.28. The van der Waals surface area contributed by atoms with Crippen molar-refractivity contribution in [1.29, 1.82) is 0 Å². The molecule has 0 N–H and O–H groups in total. The number of aromatic nitrogens is 1. The normalized spacial score (nSPS) is 18.9. The smallest absolute Gasteiger partial charge is 0.449 e. The van der Waals surface area contributed by atoms with Crippen LogP contribution in [-0.2, 0) is 11.7 Å². The lowest BCUT2D eigenvalue weighted by molar-refractivity contribution is 0.467. The molecule has 0 bridgehead atoms. The summed E-state index contributed by atoms with van der Waals surface area (Å²) in [4.78, 5) is 3.87. The van der Waals surface area contributed by atoms with E-state index in [2.05, 4.69) is 11.9 Å². The fraction of sp³-hybridized carbons (Fsp3) is 0.500. The van der Waals surface area contributed by atoms with Gasteiger partial charge in [0.1, 0.15) is 0 Å². The van der Waals surface area contributed by atoms with Gasteiger partial charge in [-0.05, 0) is 36.2 Å². The molecule has 1 aliphatic carbocycles. The summed E-state index contributed by atoms with van der Waals surface area (Å²) in [6, 6.07) is 3.27. The van der Waals surface area contributed by atoms with Crippen LogP contribution >= 0.6 is 0 Å². The van der Waals surface area contributed by atoms with Gasteiger partial charge in [-0.3, -0.25) is 4.98 Å². The lowest BCUT2D eigenvalue weighted by Gasteiger charge is -2.14. The molecule has 0 amide bonds. The molecule has 1 heterocycles. The van der Waals surface area contributed by atoms with E-state index < -0.39 is 13.3 Å². The molecule has 0 atom stereocenters. The van der Waals surface area contributed by atoms with Gasteiger partial charge in [0, 0.05) is 11.9 Å². The summed E-state index contributed by atoms with van der Waals surface area (Å²) in [5.41, 5.74) is 1.35.